The molecule has 3 rings (SSSR count). The zero-order valence-electron chi connectivity index (χ0n) is 16.1. The standard InChI is InChI=1S/C20H26O6S/c1-13-11-22-19(2,3)25-16(13)17-15(24-20(4,5)26-17)12-21-18(27)23-14-9-7-6-8-10-14/h6-10,15-17H,1,11-12H2,2-5H3/t15-,16-,17-/m1/s1. The largest absolute Gasteiger partial charge is 0.454 e. The molecule has 148 valence electrons. The molecule has 1 aromatic carbocycles. The third-order valence-electron chi connectivity index (χ3n) is 4.25. The summed E-state index contributed by atoms with van der Waals surface area (Å²) in [4.78, 5) is 0. The minimum atomic E-state index is -0.771. The molecule has 2 heterocycles. The van der Waals surface area contributed by atoms with E-state index in [-0.39, 0.29) is 17.9 Å². The van der Waals surface area contributed by atoms with Crippen LogP contribution in [0.4, 0.5) is 0 Å². The predicted molar refractivity (Wildman–Crippen MR) is 103 cm³/mol. The van der Waals surface area contributed by atoms with Crippen molar-refractivity contribution >= 4 is 17.5 Å². The fourth-order valence-electron chi connectivity index (χ4n) is 3.08. The highest BCUT2D eigenvalue weighted by molar-refractivity contribution is 7.79. The van der Waals surface area contributed by atoms with Gasteiger partial charge in [-0.1, -0.05) is 24.8 Å². The molecule has 0 spiro atoms. The number of ether oxygens (including phenoxy) is 6. The topological polar surface area (TPSA) is 55.4 Å². The summed E-state index contributed by atoms with van der Waals surface area (Å²) >= 11 is 5.17. The molecule has 0 bridgehead atoms. The van der Waals surface area contributed by atoms with Crippen LogP contribution in [0.2, 0.25) is 0 Å². The van der Waals surface area contributed by atoms with E-state index < -0.39 is 23.8 Å². The molecule has 2 aliphatic rings. The molecular weight excluding hydrogens is 368 g/mol. The lowest BCUT2D eigenvalue weighted by Gasteiger charge is -2.40. The molecule has 6 nitrogen and oxygen atoms in total. The molecule has 0 N–H and O–H groups in total. The Labute approximate surface area is 165 Å². The smallest absolute Gasteiger partial charge is 0.357 e. The molecule has 27 heavy (non-hydrogen) atoms. The van der Waals surface area contributed by atoms with Gasteiger partial charge in [-0.25, -0.2) is 0 Å². The van der Waals surface area contributed by atoms with Gasteiger partial charge in [0.2, 0.25) is 0 Å². The highest BCUT2D eigenvalue weighted by Gasteiger charge is 2.49. The van der Waals surface area contributed by atoms with E-state index in [4.69, 9.17) is 40.6 Å². The Kier molecular flexibility index (Phi) is 5.88. The predicted octanol–water partition coefficient (Wildman–Crippen LogP) is 3.59. The second-order valence-corrected chi connectivity index (χ2v) is 7.83. The van der Waals surface area contributed by atoms with Crippen molar-refractivity contribution in [3.8, 4) is 5.75 Å². The van der Waals surface area contributed by atoms with Crippen LogP contribution in [0.3, 0.4) is 0 Å². The van der Waals surface area contributed by atoms with Crippen molar-refractivity contribution in [1.29, 1.82) is 0 Å². The molecular formula is C20H26O6S. The molecule has 2 aliphatic heterocycles. The lowest BCUT2D eigenvalue weighted by atomic mass is 10.0. The van der Waals surface area contributed by atoms with Crippen LogP contribution >= 0.6 is 12.2 Å². The zero-order valence-corrected chi connectivity index (χ0v) is 16.9. The van der Waals surface area contributed by atoms with E-state index in [2.05, 4.69) is 6.58 Å². The minimum absolute atomic E-state index is 0.0281. The van der Waals surface area contributed by atoms with Gasteiger partial charge in [0, 0.05) is 12.2 Å². The highest BCUT2D eigenvalue weighted by atomic mass is 32.1. The maximum absolute atomic E-state index is 6.09. The van der Waals surface area contributed by atoms with Gasteiger partial charge in [0.15, 0.2) is 11.6 Å². The summed E-state index contributed by atoms with van der Waals surface area (Å²) in [5.74, 6) is -0.878. The average molecular weight is 394 g/mol. The third-order valence-corrected chi connectivity index (χ3v) is 4.45. The Hall–Kier alpha value is -1.51. The number of para-hydroxylation sites is 1. The van der Waals surface area contributed by atoms with Crippen molar-refractivity contribution in [1.82, 2.24) is 0 Å². The van der Waals surface area contributed by atoms with Gasteiger partial charge in [-0.2, -0.15) is 0 Å². The van der Waals surface area contributed by atoms with E-state index in [0.29, 0.717) is 12.4 Å². The molecule has 0 aromatic heterocycles. The Balaban J connectivity index is 1.63. The molecule has 0 amide bonds. The fourth-order valence-corrected chi connectivity index (χ4v) is 3.25. The van der Waals surface area contributed by atoms with Crippen LogP contribution in [0.15, 0.2) is 42.5 Å². The Morgan fingerprint density at radius 3 is 2.52 bits per heavy atom. The molecule has 0 aliphatic carbocycles. The second kappa shape index (κ2) is 7.85. The maximum Gasteiger partial charge on any atom is 0.357 e. The van der Waals surface area contributed by atoms with E-state index in [1.165, 1.54) is 0 Å². The molecule has 3 atom stereocenters. The molecule has 1 aromatic rings. The van der Waals surface area contributed by atoms with E-state index >= 15 is 0 Å². The van der Waals surface area contributed by atoms with E-state index in [9.17, 15) is 0 Å². The van der Waals surface area contributed by atoms with Crippen LogP contribution < -0.4 is 4.74 Å². The van der Waals surface area contributed by atoms with Crippen LogP contribution in [0, 0.1) is 0 Å². The summed E-state index contributed by atoms with van der Waals surface area (Å²) in [5.41, 5.74) is 0.800. The normalized spacial score (nSPS) is 29.3. The summed E-state index contributed by atoms with van der Waals surface area (Å²) in [6.07, 6.45) is -1.16. The van der Waals surface area contributed by atoms with Crippen LogP contribution in [0.25, 0.3) is 0 Å². The van der Waals surface area contributed by atoms with Gasteiger partial charge in [-0.3, -0.25) is 0 Å². The van der Waals surface area contributed by atoms with Crippen molar-refractivity contribution in [3.63, 3.8) is 0 Å². The molecule has 0 saturated carbocycles. The van der Waals surface area contributed by atoms with Crippen LogP contribution in [0.5, 0.6) is 5.75 Å². The summed E-state index contributed by atoms with van der Waals surface area (Å²) < 4.78 is 34.9. The number of hydrogen-bond donors (Lipinski definition) is 0. The molecule has 2 fully saturated rings. The summed E-state index contributed by atoms with van der Waals surface area (Å²) in [6, 6.07) is 9.23. The molecule has 0 unspecified atom stereocenters. The van der Waals surface area contributed by atoms with Gasteiger partial charge in [-0.05, 0) is 45.4 Å². The van der Waals surface area contributed by atoms with E-state index in [1.54, 1.807) is 12.1 Å². The van der Waals surface area contributed by atoms with Crippen LogP contribution in [-0.2, 0) is 23.7 Å². The number of thiocarbonyl (C=S) groups is 1. The number of rotatable bonds is 4. The van der Waals surface area contributed by atoms with Crippen molar-refractivity contribution in [2.45, 2.75) is 57.6 Å². The van der Waals surface area contributed by atoms with E-state index in [0.717, 1.165) is 5.57 Å². The summed E-state index contributed by atoms with van der Waals surface area (Å²) in [7, 11) is 0. The maximum atomic E-state index is 6.09. The van der Waals surface area contributed by atoms with Crippen molar-refractivity contribution < 1.29 is 28.4 Å². The van der Waals surface area contributed by atoms with Crippen molar-refractivity contribution in [2.75, 3.05) is 13.2 Å². The lowest BCUT2D eigenvalue weighted by Crippen LogP contribution is -2.50. The minimum Gasteiger partial charge on any atom is -0.454 e. The number of benzene rings is 1. The average Bonchev–Trinajstić information content (AvgIpc) is 2.91. The van der Waals surface area contributed by atoms with Crippen LogP contribution in [0.1, 0.15) is 27.7 Å². The molecule has 2 saturated heterocycles. The first-order valence-electron chi connectivity index (χ1n) is 8.90. The quantitative estimate of drug-likeness (QED) is 0.571. The Morgan fingerprint density at radius 1 is 1.11 bits per heavy atom. The Morgan fingerprint density at radius 2 is 1.81 bits per heavy atom. The molecule has 0 radical (unpaired) electrons. The monoisotopic (exact) mass is 394 g/mol. The van der Waals surface area contributed by atoms with Gasteiger partial charge in [0.1, 0.15) is 30.7 Å². The first kappa shape index (κ1) is 20.2. The SMILES string of the molecule is C=C1COC(C)(C)O[C@H]1[C@@H]1OC(C)(C)O[C@@H]1COC(=S)Oc1ccccc1. The first-order valence-corrected chi connectivity index (χ1v) is 9.31. The van der Waals surface area contributed by atoms with Crippen molar-refractivity contribution in [2.24, 2.45) is 0 Å². The molecule has 7 heteroatoms. The van der Waals surface area contributed by atoms with E-state index in [1.807, 2.05) is 45.9 Å². The van der Waals surface area contributed by atoms with Gasteiger partial charge in [-0.15, -0.1) is 0 Å². The van der Waals surface area contributed by atoms with Gasteiger partial charge < -0.3 is 28.4 Å². The highest BCUT2D eigenvalue weighted by Crippen LogP contribution is 2.37. The van der Waals surface area contributed by atoms with Gasteiger partial charge >= 0.3 is 5.24 Å². The van der Waals surface area contributed by atoms with Crippen molar-refractivity contribution in [3.05, 3.63) is 42.5 Å². The zero-order chi connectivity index (χ0) is 19.7. The second-order valence-electron chi connectivity index (χ2n) is 7.50. The summed E-state index contributed by atoms with van der Waals surface area (Å²) in [6.45, 7) is 12.1. The third kappa shape index (κ3) is 5.27. The van der Waals surface area contributed by atoms with Gasteiger partial charge in [0.25, 0.3) is 0 Å². The first-order chi connectivity index (χ1) is 12.7. The lowest BCUT2D eigenvalue weighted by molar-refractivity contribution is -0.272. The Bertz CT molecular complexity index is 687. The summed E-state index contributed by atoms with van der Waals surface area (Å²) in [5, 5.41) is 0.0281. The fraction of sp³-hybridized carbons (Fsp3) is 0.550. The number of hydrogen-bond acceptors (Lipinski definition) is 7. The van der Waals surface area contributed by atoms with Gasteiger partial charge in [0.05, 0.1) is 6.61 Å². The van der Waals surface area contributed by atoms with Crippen LogP contribution in [-0.4, -0.2) is 48.3 Å².